The summed E-state index contributed by atoms with van der Waals surface area (Å²) >= 11 is 3.81. The zero-order chi connectivity index (χ0) is 44.0. The van der Waals surface area contributed by atoms with Crippen LogP contribution in [0.3, 0.4) is 0 Å². The van der Waals surface area contributed by atoms with Gasteiger partial charge in [-0.2, -0.15) is 0 Å². The molecule has 10 aromatic rings. The van der Waals surface area contributed by atoms with E-state index in [-0.39, 0.29) is 13.4 Å². The van der Waals surface area contributed by atoms with Crippen LogP contribution in [0.5, 0.6) is 11.5 Å². The Kier molecular flexibility index (Phi) is 8.96. The summed E-state index contributed by atoms with van der Waals surface area (Å²) in [5.74, 6) is 1.82. The van der Waals surface area contributed by atoms with Crippen molar-refractivity contribution in [3.63, 3.8) is 0 Å². The average molecular weight is 889 g/mol. The molecule has 67 heavy (non-hydrogen) atoms. The van der Waals surface area contributed by atoms with Gasteiger partial charge in [0.25, 0.3) is 6.71 Å². The molecule has 312 valence electrons. The van der Waals surface area contributed by atoms with Gasteiger partial charge in [-0.25, -0.2) is 0 Å². The summed E-state index contributed by atoms with van der Waals surface area (Å²) < 4.78 is 6.97. The summed E-state index contributed by atoms with van der Waals surface area (Å²) in [7, 11) is 0. The van der Waals surface area contributed by atoms with Crippen molar-refractivity contribution in [3.05, 3.63) is 231 Å². The summed E-state index contributed by atoms with van der Waals surface area (Å²) in [6.07, 6.45) is 0. The van der Waals surface area contributed by atoms with Crippen molar-refractivity contribution in [2.75, 3.05) is 9.80 Å². The molecule has 0 atom stereocenters. The smallest absolute Gasteiger partial charge is 0.253 e. The largest absolute Gasteiger partial charge is 0.458 e. The SMILES string of the molecule is c1ccc(-c2cc3c4c(c2)N(c2ccccc2-c2ccccc2)c2ccccc2B4c2cc4c(cc2S3)Sc2cc(N(c3ccccc3)c3ccccc3)cc3c2B4c2ccccc2O3)cc1. The third-order valence-electron chi connectivity index (χ3n) is 13.8. The molecule has 0 spiro atoms. The van der Waals surface area contributed by atoms with E-state index < -0.39 is 0 Å². The second kappa shape index (κ2) is 15.5. The van der Waals surface area contributed by atoms with Crippen molar-refractivity contribution < 1.29 is 4.74 Å². The molecule has 4 aliphatic rings. The van der Waals surface area contributed by atoms with Gasteiger partial charge in [-0.1, -0.05) is 192 Å². The Hall–Kier alpha value is -7.57. The van der Waals surface area contributed by atoms with E-state index in [1.807, 2.05) is 23.5 Å². The molecule has 0 unspecified atom stereocenters. The lowest BCUT2D eigenvalue weighted by atomic mass is 9.32. The maximum absolute atomic E-state index is 6.97. The van der Waals surface area contributed by atoms with Gasteiger partial charge in [0, 0.05) is 54.0 Å². The van der Waals surface area contributed by atoms with Crippen LogP contribution in [0.15, 0.2) is 250 Å². The van der Waals surface area contributed by atoms with E-state index in [4.69, 9.17) is 4.74 Å². The molecule has 7 heteroatoms. The fourth-order valence-corrected chi connectivity index (χ4v) is 13.5. The van der Waals surface area contributed by atoms with Crippen molar-refractivity contribution in [2.24, 2.45) is 0 Å². The lowest BCUT2D eigenvalue weighted by molar-refractivity contribution is 0.486. The Labute approximate surface area is 399 Å². The van der Waals surface area contributed by atoms with Gasteiger partial charge in [0.1, 0.15) is 11.5 Å². The first-order chi connectivity index (χ1) is 33.2. The fraction of sp³-hybridized carbons (Fsp3) is 0. The van der Waals surface area contributed by atoms with Crippen molar-refractivity contribution in [1.82, 2.24) is 0 Å². The van der Waals surface area contributed by atoms with Gasteiger partial charge >= 0.3 is 0 Å². The van der Waals surface area contributed by atoms with Crippen LogP contribution in [0.2, 0.25) is 0 Å². The highest BCUT2D eigenvalue weighted by Gasteiger charge is 2.45. The highest BCUT2D eigenvalue weighted by atomic mass is 32.2. The van der Waals surface area contributed by atoms with Crippen molar-refractivity contribution in [2.45, 2.75) is 19.6 Å². The van der Waals surface area contributed by atoms with E-state index >= 15 is 0 Å². The number of ether oxygens (including phenoxy) is 1. The standard InChI is InChI=1S/C60H38B2N2OS2/c1-5-19-39(20-6-1)41-33-52-59-57(34-41)66-55-38-56-49(37-48(55)61(59)46-28-14-17-31-51(46)64(52)50-30-16-13-27-45(50)40-21-7-2-8-22-40)62-47-29-15-18-32-53(47)65-54-35-44(36-58(67-56)60(54)62)63(42-23-9-3-10-24-42)43-25-11-4-12-26-43/h1-38H. The molecule has 0 amide bonds. The lowest BCUT2D eigenvalue weighted by Gasteiger charge is -2.42. The van der Waals surface area contributed by atoms with Crippen LogP contribution in [0, 0.1) is 0 Å². The van der Waals surface area contributed by atoms with Crippen LogP contribution in [0.1, 0.15) is 0 Å². The minimum atomic E-state index is 0.00635. The summed E-state index contributed by atoms with van der Waals surface area (Å²) in [5, 5.41) is 0. The van der Waals surface area contributed by atoms with Gasteiger partial charge in [-0.15, -0.1) is 0 Å². The molecular weight excluding hydrogens is 850 g/mol. The zero-order valence-electron chi connectivity index (χ0n) is 36.2. The number of nitrogens with zero attached hydrogens (tertiary/aromatic N) is 2. The van der Waals surface area contributed by atoms with E-state index in [2.05, 4.69) is 240 Å². The second-order valence-electron chi connectivity index (χ2n) is 17.6. The third-order valence-corrected chi connectivity index (χ3v) is 16.1. The predicted octanol–water partition coefficient (Wildman–Crippen LogP) is 12.3. The molecular formula is C60H38B2N2OS2. The van der Waals surface area contributed by atoms with Crippen LogP contribution in [-0.2, 0) is 0 Å². The number of fused-ring (bicyclic) bond motifs is 8. The van der Waals surface area contributed by atoms with Crippen molar-refractivity contribution in [3.8, 4) is 33.8 Å². The fourth-order valence-electron chi connectivity index (χ4n) is 10.9. The van der Waals surface area contributed by atoms with Crippen LogP contribution >= 0.6 is 23.5 Å². The Morgan fingerprint density at radius 1 is 0.343 bits per heavy atom. The van der Waals surface area contributed by atoms with Gasteiger partial charge in [-0.3, -0.25) is 0 Å². The summed E-state index contributed by atoms with van der Waals surface area (Å²) in [6, 6.07) is 84.3. The molecule has 0 N–H and O–H groups in total. The lowest BCUT2D eigenvalue weighted by Crippen LogP contribution is -2.63. The highest BCUT2D eigenvalue weighted by molar-refractivity contribution is 8.01. The maximum atomic E-state index is 6.97. The topological polar surface area (TPSA) is 15.7 Å². The number of para-hydroxylation sites is 5. The quantitative estimate of drug-likeness (QED) is 0.154. The first-order valence-corrected chi connectivity index (χ1v) is 24.5. The van der Waals surface area contributed by atoms with E-state index in [1.54, 1.807) is 0 Å². The Balaban J connectivity index is 0.980. The van der Waals surface area contributed by atoms with E-state index in [1.165, 1.54) is 91.7 Å². The third kappa shape index (κ3) is 6.19. The van der Waals surface area contributed by atoms with E-state index in [0.29, 0.717) is 0 Å². The number of hydrogen-bond acceptors (Lipinski definition) is 5. The molecule has 0 fully saturated rings. The van der Waals surface area contributed by atoms with E-state index in [9.17, 15) is 0 Å². The molecule has 3 nitrogen and oxygen atoms in total. The predicted molar refractivity (Wildman–Crippen MR) is 284 cm³/mol. The molecule has 10 aromatic carbocycles. The monoisotopic (exact) mass is 888 g/mol. The summed E-state index contributed by atoms with van der Waals surface area (Å²) in [6.45, 7) is 0.0354. The van der Waals surface area contributed by atoms with Crippen molar-refractivity contribution in [1.29, 1.82) is 0 Å². The van der Waals surface area contributed by atoms with Gasteiger partial charge in [0.2, 0.25) is 6.71 Å². The Morgan fingerprint density at radius 2 is 0.896 bits per heavy atom. The molecule has 4 aliphatic heterocycles. The van der Waals surface area contributed by atoms with Crippen LogP contribution in [0.25, 0.3) is 22.3 Å². The first kappa shape index (κ1) is 38.7. The van der Waals surface area contributed by atoms with Crippen LogP contribution < -0.4 is 47.3 Å². The maximum Gasteiger partial charge on any atom is 0.253 e. The molecule has 0 bridgehead atoms. The minimum Gasteiger partial charge on any atom is -0.458 e. The molecule has 14 rings (SSSR count). The molecule has 4 heterocycles. The van der Waals surface area contributed by atoms with Crippen LogP contribution in [0.4, 0.5) is 34.1 Å². The molecule has 0 saturated carbocycles. The molecule has 0 aromatic heterocycles. The summed E-state index contributed by atoms with van der Waals surface area (Å²) in [5.41, 5.74) is 19.5. The van der Waals surface area contributed by atoms with Gasteiger partial charge in [0.15, 0.2) is 0 Å². The zero-order valence-corrected chi connectivity index (χ0v) is 37.8. The first-order valence-electron chi connectivity index (χ1n) is 22.9. The van der Waals surface area contributed by atoms with Crippen LogP contribution in [-0.4, -0.2) is 13.4 Å². The highest BCUT2D eigenvalue weighted by Crippen LogP contribution is 2.48. The molecule has 0 saturated heterocycles. The normalized spacial score (nSPS) is 13.3. The number of anilines is 6. The Bertz CT molecular complexity index is 3550. The number of benzene rings is 10. The van der Waals surface area contributed by atoms with Gasteiger partial charge < -0.3 is 14.5 Å². The molecule has 0 radical (unpaired) electrons. The number of rotatable bonds is 6. The van der Waals surface area contributed by atoms with Crippen molar-refractivity contribution >= 4 is 104 Å². The van der Waals surface area contributed by atoms with Gasteiger partial charge in [-0.05, 0) is 105 Å². The minimum absolute atomic E-state index is 0.00635. The average Bonchev–Trinajstić information content (AvgIpc) is 3.39. The second-order valence-corrected chi connectivity index (χ2v) is 19.7. The van der Waals surface area contributed by atoms with E-state index in [0.717, 1.165) is 28.6 Å². The number of hydrogen-bond donors (Lipinski definition) is 0. The Morgan fingerprint density at radius 3 is 1.60 bits per heavy atom. The molecule has 0 aliphatic carbocycles. The summed E-state index contributed by atoms with van der Waals surface area (Å²) in [4.78, 5) is 10.0. The van der Waals surface area contributed by atoms with Gasteiger partial charge in [0.05, 0.1) is 11.4 Å².